The Morgan fingerprint density at radius 3 is 2.78 bits per heavy atom. The molecule has 1 fully saturated rings. The van der Waals surface area contributed by atoms with E-state index in [9.17, 15) is 9.18 Å². The summed E-state index contributed by atoms with van der Waals surface area (Å²) >= 11 is 1.33. The smallest absolute Gasteiger partial charge is 0.264 e. The van der Waals surface area contributed by atoms with E-state index in [1.54, 1.807) is 6.07 Å². The molecule has 0 saturated carbocycles. The molecule has 1 aliphatic heterocycles. The fraction of sp³-hybridized carbons (Fsp3) is 0.286. The van der Waals surface area contributed by atoms with Gasteiger partial charge in [0, 0.05) is 28.7 Å². The van der Waals surface area contributed by atoms with Crippen LogP contribution in [0.3, 0.4) is 0 Å². The van der Waals surface area contributed by atoms with Crippen LogP contribution in [0.2, 0.25) is 0 Å². The van der Waals surface area contributed by atoms with Crippen molar-refractivity contribution in [2.24, 2.45) is 11.7 Å². The van der Waals surface area contributed by atoms with Crippen molar-refractivity contribution < 1.29 is 13.9 Å². The number of carbonyl (C=O) groups is 1. The highest BCUT2D eigenvalue weighted by atomic mass is 32.1. The highest BCUT2D eigenvalue weighted by Gasteiger charge is 2.30. The van der Waals surface area contributed by atoms with E-state index in [4.69, 9.17) is 10.5 Å². The van der Waals surface area contributed by atoms with Crippen molar-refractivity contribution in [3.63, 3.8) is 0 Å². The lowest BCUT2D eigenvalue weighted by Gasteiger charge is -2.16. The molecule has 0 bridgehead atoms. The molecule has 140 valence electrons. The first-order valence-corrected chi connectivity index (χ1v) is 9.86. The van der Waals surface area contributed by atoms with Crippen LogP contribution in [0.25, 0.3) is 10.1 Å². The molecule has 1 atom stereocenters. The maximum Gasteiger partial charge on any atom is 0.264 e. The lowest BCUT2D eigenvalue weighted by molar-refractivity contribution is 0.0790. The van der Waals surface area contributed by atoms with E-state index >= 15 is 0 Å². The van der Waals surface area contributed by atoms with E-state index in [2.05, 4.69) is 0 Å². The molecule has 0 radical (unpaired) electrons. The average Bonchev–Trinajstić information content (AvgIpc) is 3.32. The molecule has 27 heavy (non-hydrogen) atoms. The lowest BCUT2D eigenvalue weighted by atomic mass is 10.1. The standard InChI is InChI=1S/C21H21FN2O2S/c22-17-7-4-8-18-19(17)16(13-26-15-5-2-1-3-6-15)20(27-18)21(25)24-10-9-14(11-23)12-24/h1-8,14H,9-13,23H2/t14-/m1/s1. The number of para-hydroxylation sites is 1. The maximum atomic E-state index is 14.6. The average molecular weight is 384 g/mol. The molecule has 1 saturated heterocycles. The number of carbonyl (C=O) groups excluding carboxylic acids is 1. The van der Waals surface area contributed by atoms with Crippen LogP contribution in [0, 0.1) is 11.7 Å². The monoisotopic (exact) mass is 384 g/mol. The largest absolute Gasteiger partial charge is 0.489 e. The van der Waals surface area contributed by atoms with Crippen LogP contribution in [0.1, 0.15) is 21.7 Å². The van der Waals surface area contributed by atoms with Crippen LogP contribution in [0.4, 0.5) is 4.39 Å². The third kappa shape index (κ3) is 3.55. The Morgan fingerprint density at radius 1 is 1.22 bits per heavy atom. The van der Waals surface area contributed by atoms with Gasteiger partial charge in [0.25, 0.3) is 5.91 Å². The minimum absolute atomic E-state index is 0.0572. The number of likely N-dealkylation sites (tertiary alicyclic amines) is 1. The van der Waals surface area contributed by atoms with Gasteiger partial charge in [0.05, 0.1) is 4.88 Å². The molecule has 1 aliphatic rings. The van der Waals surface area contributed by atoms with Crippen LogP contribution < -0.4 is 10.5 Å². The van der Waals surface area contributed by atoms with Gasteiger partial charge < -0.3 is 15.4 Å². The van der Waals surface area contributed by atoms with Gasteiger partial charge in [-0.05, 0) is 43.1 Å². The molecule has 0 unspecified atom stereocenters. The molecule has 6 heteroatoms. The number of halogens is 1. The van der Waals surface area contributed by atoms with Gasteiger partial charge in [0.15, 0.2) is 0 Å². The van der Waals surface area contributed by atoms with E-state index in [1.807, 2.05) is 41.3 Å². The van der Waals surface area contributed by atoms with Crippen LogP contribution in [-0.4, -0.2) is 30.4 Å². The topological polar surface area (TPSA) is 55.6 Å². The van der Waals surface area contributed by atoms with Gasteiger partial charge >= 0.3 is 0 Å². The van der Waals surface area contributed by atoms with Crippen LogP contribution in [-0.2, 0) is 6.61 Å². The third-order valence-corrected chi connectivity index (χ3v) is 6.18. The molecule has 3 aromatic rings. The summed E-state index contributed by atoms with van der Waals surface area (Å²) in [7, 11) is 0. The Kier molecular flexibility index (Phi) is 5.09. The summed E-state index contributed by atoms with van der Waals surface area (Å²) in [5.74, 6) is 0.647. The zero-order chi connectivity index (χ0) is 18.8. The van der Waals surface area contributed by atoms with Crippen LogP contribution in [0.5, 0.6) is 5.75 Å². The zero-order valence-corrected chi connectivity index (χ0v) is 15.7. The molecule has 2 N–H and O–H groups in total. The van der Waals surface area contributed by atoms with E-state index in [0.717, 1.165) is 11.1 Å². The Hall–Kier alpha value is -2.44. The van der Waals surface area contributed by atoms with Gasteiger partial charge in [-0.1, -0.05) is 24.3 Å². The second kappa shape index (κ2) is 7.66. The Bertz CT molecular complexity index is 957. The number of fused-ring (bicyclic) bond motifs is 1. The molecule has 0 spiro atoms. The number of hydrogen-bond acceptors (Lipinski definition) is 4. The van der Waals surface area contributed by atoms with Gasteiger partial charge in [0.2, 0.25) is 0 Å². The Balaban J connectivity index is 1.69. The normalized spacial score (nSPS) is 16.8. The summed E-state index contributed by atoms with van der Waals surface area (Å²) in [6.07, 6.45) is 0.914. The number of nitrogens with two attached hydrogens (primary N) is 1. The molecule has 2 heterocycles. The first-order valence-electron chi connectivity index (χ1n) is 9.04. The van der Waals surface area contributed by atoms with E-state index in [0.29, 0.717) is 47.1 Å². The number of hydrogen-bond donors (Lipinski definition) is 1. The summed E-state index contributed by atoms with van der Waals surface area (Å²) < 4.78 is 21.2. The van der Waals surface area contributed by atoms with E-state index in [1.165, 1.54) is 17.4 Å². The fourth-order valence-corrected chi connectivity index (χ4v) is 4.69. The Morgan fingerprint density at radius 2 is 2.04 bits per heavy atom. The molecule has 2 aromatic carbocycles. The van der Waals surface area contributed by atoms with Gasteiger partial charge in [0.1, 0.15) is 18.2 Å². The first-order chi connectivity index (χ1) is 13.2. The summed E-state index contributed by atoms with van der Waals surface area (Å²) in [5, 5.41) is 0.483. The summed E-state index contributed by atoms with van der Waals surface area (Å²) in [6.45, 7) is 2.08. The number of amides is 1. The predicted molar refractivity (Wildman–Crippen MR) is 106 cm³/mol. The summed E-state index contributed by atoms with van der Waals surface area (Å²) in [5.41, 5.74) is 6.38. The predicted octanol–water partition coefficient (Wildman–Crippen LogP) is 4.04. The first kappa shape index (κ1) is 17.9. The van der Waals surface area contributed by atoms with Gasteiger partial charge in [-0.25, -0.2) is 4.39 Å². The number of ether oxygens (including phenoxy) is 1. The van der Waals surface area contributed by atoms with Gasteiger partial charge in [-0.3, -0.25) is 4.79 Å². The highest BCUT2D eigenvalue weighted by Crippen LogP contribution is 2.35. The van der Waals surface area contributed by atoms with Crippen molar-refractivity contribution in [2.75, 3.05) is 19.6 Å². The molecule has 1 amide bonds. The fourth-order valence-electron chi connectivity index (χ4n) is 3.50. The van der Waals surface area contributed by atoms with Crippen molar-refractivity contribution in [1.82, 2.24) is 4.90 Å². The zero-order valence-electron chi connectivity index (χ0n) is 14.9. The number of thiophene rings is 1. The van der Waals surface area contributed by atoms with Crippen molar-refractivity contribution in [2.45, 2.75) is 13.0 Å². The Labute approximate surface area is 161 Å². The molecular weight excluding hydrogens is 363 g/mol. The maximum absolute atomic E-state index is 14.6. The third-order valence-electron chi connectivity index (χ3n) is 4.99. The van der Waals surface area contributed by atoms with E-state index in [-0.39, 0.29) is 18.3 Å². The van der Waals surface area contributed by atoms with Crippen molar-refractivity contribution in [1.29, 1.82) is 0 Å². The molecule has 4 nitrogen and oxygen atoms in total. The minimum atomic E-state index is -0.323. The molecule has 0 aliphatic carbocycles. The highest BCUT2D eigenvalue weighted by molar-refractivity contribution is 7.21. The molecule has 4 rings (SSSR count). The van der Waals surface area contributed by atoms with Gasteiger partial charge in [-0.15, -0.1) is 11.3 Å². The van der Waals surface area contributed by atoms with Gasteiger partial charge in [-0.2, -0.15) is 0 Å². The lowest BCUT2D eigenvalue weighted by Crippen LogP contribution is -2.30. The quantitative estimate of drug-likeness (QED) is 0.722. The number of nitrogens with zero attached hydrogens (tertiary/aromatic N) is 1. The molecule has 1 aromatic heterocycles. The summed E-state index contributed by atoms with van der Waals surface area (Å²) in [4.78, 5) is 15.5. The second-order valence-corrected chi connectivity index (χ2v) is 7.82. The summed E-state index contributed by atoms with van der Waals surface area (Å²) in [6, 6.07) is 14.3. The second-order valence-electron chi connectivity index (χ2n) is 6.77. The van der Waals surface area contributed by atoms with E-state index < -0.39 is 0 Å². The molecular formula is C21H21FN2O2S. The minimum Gasteiger partial charge on any atom is -0.489 e. The van der Waals surface area contributed by atoms with Crippen molar-refractivity contribution in [3.05, 3.63) is 64.8 Å². The number of benzene rings is 2. The van der Waals surface area contributed by atoms with Crippen molar-refractivity contribution in [3.8, 4) is 5.75 Å². The number of rotatable bonds is 5. The van der Waals surface area contributed by atoms with Crippen LogP contribution >= 0.6 is 11.3 Å². The van der Waals surface area contributed by atoms with Crippen molar-refractivity contribution >= 4 is 27.3 Å². The van der Waals surface area contributed by atoms with Crippen LogP contribution in [0.15, 0.2) is 48.5 Å². The SMILES string of the molecule is NC[C@H]1CCN(C(=O)c2sc3cccc(F)c3c2COc2ccccc2)C1.